The molecule has 7 heteroatoms. The molecule has 84 valence electrons. The third-order valence-electron chi connectivity index (χ3n) is 1.47. The van der Waals surface area contributed by atoms with Crippen LogP contribution in [0.5, 0.6) is 5.75 Å². The number of hydrogen-bond donors (Lipinski definition) is 0. The standard InChI is InChI=1S/C8H6BrF3INO/c1-4-2-5(13)7(6(3-9)14-4)15-8(10,11)12/h2H,3H2,1H3. The zero-order chi connectivity index (χ0) is 11.6. The Kier molecular flexibility index (Phi) is 4.21. The molecule has 1 aromatic rings. The predicted octanol–water partition coefficient (Wildman–Crippen LogP) is 3.79. The Balaban J connectivity index is 3.15. The van der Waals surface area contributed by atoms with Gasteiger partial charge in [-0.1, -0.05) is 15.9 Å². The summed E-state index contributed by atoms with van der Waals surface area (Å²) in [4.78, 5) is 3.96. The lowest BCUT2D eigenvalue weighted by atomic mass is 10.3. The van der Waals surface area contributed by atoms with Crippen LogP contribution in [0.25, 0.3) is 0 Å². The van der Waals surface area contributed by atoms with Crippen LogP contribution in [0, 0.1) is 10.5 Å². The van der Waals surface area contributed by atoms with Crippen molar-refractivity contribution in [2.45, 2.75) is 18.6 Å². The van der Waals surface area contributed by atoms with Crippen LogP contribution in [0.2, 0.25) is 0 Å². The molecule has 0 unspecified atom stereocenters. The number of pyridine rings is 1. The fourth-order valence-electron chi connectivity index (χ4n) is 0.997. The first-order chi connectivity index (χ1) is 6.83. The number of ether oxygens (including phenoxy) is 1. The molecule has 2 nitrogen and oxygen atoms in total. The van der Waals surface area contributed by atoms with Gasteiger partial charge < -0.3 is 4.74 Å². The van der Waals surface area contributed by atoms with Gasteiger partial charge in [-0.2, -0.15) is 0 Å². The van der Waals surface area contributed by atoms with Gasteiger partial charge in [-0.25, -0.2) is 0 Å². The minimum absolute atomic E-state index is 0.218. The van der Waals surface area contributed by atoms with Crippen molar-refractivity contribution in [3.05, 3.63) is 21.0 Å². The monoisotopic (exact) mass is 395 g/mol. The molecule has 1 aromatic heterocycles. The average Bonchev–Trinajstić information content (AvgIpc) is 2.07. The summed E-state index contributed by atoms with van der Waals surface area (Å²) in [5.41, 5.74) is 0.903. The van der Waals surface area contributed by atoms with Crippen LogP contribution in [0.1, 0.15) is 11.4 Å². The van der Waals surface area contributed by atoms with Crippen molar-refractivity contribution in [3.63, 3.8) is 0 Å². The topological polar surface area (TPSA) is 22.1 Å². The molecular formula is C8H6BrF3INO. The summed E-state index contributed by atoms with van der Waals surface area (Å²) in [6.07, 6.45) is -4.69. The highest BCUT2D eigenvalue weighted by Gasteiger charge is 2.33. The van der Waals surface area contributed by atoms with Crippen LogP contribution < -0.4 is 4.74 Å². The summed E-state index contributed by atoms with van der Waals surface area (Å²) in [7, 11) is 0. The summed E-state index contributed by atoms with van der Waals surface area (Å²) in [5.74, 6) is -0.231. The summed E-state index contributed by atoms with van der Waals surface area (Å²) in [6, 6.07) is 1.54. The molecule has 0 aliphatic carbocycles. The molecule has 0 saturated carbocycles. The maximum Gasteiger partial charge on any atom is 0.573 e. The second kappa shape index (κ2) is 4.86. The van der Waals surface area contributed by atoms with E-state index >= 15 is 0 Å². The highest BCUT2D eigenvalue weighted by molar-refractivity contribution is 14.1. The third kappa shape index (κ3) is 3.78. The van der Waals surface area contributed by atoms with Gasteiger partial charge in [0.1, 0.15) is 0 Å². The number of aromatic nitrogens is 1. The molecule has 0 N–H and O–H groups in total. The van der Waals surface area contributed by atoms with Gasteiger partial charge in [0.05, 0.1) is 9.26 Å². The normalized spacial score (nSPS) is 11.6. The Morgan fingerprint density at radius 1 is 1.53 bits per heavy atom. The van der Waals surface area contributed by atoms with Gasteiger partial charge in [0.25, 0.3) is 0 Å². The zero-order valence-electron chi connectivity index (χ0n) is 7.53. The maximum absolute atomic E-state index is 12.1. The van der Waals surface area contributed by atoms with Crippen molar-refractivity contribution in [1.29, 1.82) is 0 Å². The van der Waals surface area contributed by atoms with Gasteiger partial charge in [-0.15, -0.1) is 13.2 Å². The van der Waals surface area contributed by atoms with E-state index in [1.165, 1.54) is 6.07 Å². The molecule has 0 aliphatic heterocycles. The molecule has 0 aliphatic rings. The summed E-state index contributed by atoms with van der Waals surface area (Å²) >= 11 is 4.86. The predicted molar refractivity (Wildman–Crippen MR) is 61.0 cm³/mol. The van der Waals surface area contributed by atoms with E-state index in [1.807, 2.05) is 0 Å². The molecular weight excluding hydrogens is 390 g/mol. The van der Waals surface area contributed by atoms with Crippen LogP contribution in [-0.2, 0) is 5.33 Å². The average molecular weight is 396 g/mol. The first-order valence-corrected chi connectivity index (χ1v) is 6.01. The van der Waals surface area contributed by atoms with Gasteiger partial charge in [0.15, 0.2) is 5.75 Å². The quantitative estimate of drug-likeness (QED) is 0.561. The second-order valence-electron chi connectivity index (χ2n) is 2.70. The van der Waals surface area contributed by atoms with E-state index in [2.05, 4.69) is 25.7 Å². The van der Waals surface area contributed by atoms with Crippen molar-refractivity contribution < 1.29 is 17.9 Å². The van der Waals surface area contributed by atoms with Crippen molar-refractivity contribution in [2.75, 3.05) is 0 Å². The van der Waals surface area contributed by atoms with Crippen molar-refractivity contribution in [1.82, 2.24) is 4.98 Å². The largest absolute Gasteiger partial charge is 0.573 e. The lowest BCUT2D eigenvalue weighted by molar-refractivity contribution is -0.275. The Labute approximate surface area is 106 Å². The summed E-state index contributed by atoms with van der Waals surface area (Å²) < 4.78 is 40.5. The fraction of sp³-hybridized carbons (Fsp3) is 0.375. The number of hydrogen-bond acceptors (Lipinski definition) is 2. The molecule has 0 bridgehead atoms. The van der Waals surface area contributed by atoms with Gasteiger partial charge in [-0.05, 0) is 35.6 Å². The number of halogens is 5. The van der Waals surface area contributed by atoms with E-state index in [0.717, 1.165) is 0 Å². The van der Waals surface area contributed by atoms with Gasteiger partial charge in [0.2, 0.25) is 0 Å². The number of aryl methyl sites for hydroxylation is 1. The lowest BCUT2D eigenvalue weighted by Gasteiger charge is -2.13. The molecule has 15 heavy (non-hydrogen) atoms. The Bertz CT molecular complexity index is 370. The first-order valence-electron chi connectivity index (χ1n) is 3.81. The van der Waals surface area contributed by atoms with E-state index in [4.69, 9.17) is 0 Å². The minimum atomic E-state index is -4.69. The Morgan fingerprint density at radius 2 is 2.13 bits per heavy atom. The summed E-state index contributed by atoms with van der Waals surface area (Å²) in [6.45, 7) is 1.71. The van der Waals surface area contributed by atoms with Gasteiger partial charge >= 0.3 is 6.36 Å². The number of alkyl halides is 4. The van der Waals surface area contributed by atoms with E-state index in [-0.39, 0.29) is 16.8 Å². The van der Waals surface area contributed by atoms with Crippen molar-refractivity contribution in [2.24, 2.45) is 0 Å². The van der Waals surface area contributed by atoms with Crippen LogP contribution in [-0.4, -0.2) is 11.3 Å². The minimum Gasteiger partial charge on any atom is -0.403 e. The van der Waals surface area contributed by atoms with Crippen molar-refractivity contribution >= 4 is 38.5 Å². The van der Waals surface area contributed by atoms with Crippen LogP contribution >= 0.6 is 38.5 Å². The van der Waals surface area contributed by atoms with E-state index in [9.17, 15) is 13.2 Å². The highest BCUT2D eigenvalue weighted by Crippen LogP contribution is 2.31. The van der Waals surface area contributed by atoms with Crippen LogP contribution in [0.4, 0.5) is 13.2 Å². The smallest absolute Gasteiger partial charge is 0.403 e. The first kappa shape index (κ1) is 13.0. The SMILES string of the molecule is Cc1cc(I)c(OC(F)(F)F)c(CBr)n1. The van der Waals surface area contributed by atoms with E-state index in [0.29, 0.717) is 9.26 Å². The van der Waals surface area contributed by atoms with Crippen LogP contribution in [0.3, 0.4) is 0 Å². The highest BCUT2D eigenvalue weighted by atomic mass is 127. The molecule has 0 aromatic carbocycles. The Morgan fingerprint density at radius 3 is 2.60 bits per heavy atom. The summed E-state index contributed by atoms with van der Waals surface area (Å²) in [5, 5.41) is 0.218. The Hall–Kier alpha value is -0.0500. The molecule has 0 atom stereocenters. The maximum atomic E-state index is 12.1. The molecule has 0 fully saturated rings. The molecule has 1 heterocycles. The van der Waals surface area contributed by atoms with Gasteiger partial charge in [0, 0.05) is 11.0 Å². The third-order valence-corrected chi connectivity index (χ3v) is 2.80. The molecule has 0 saturated heterocycles. The lowest BCUT2D eigenvalue weighted by Crippen LogP contribution is -2.19. The van der Waals surface area contributed by atoms with Crippen molar-refractivity contribution in [3.8, 4) is 5.75 Å². The number of rotatable bonds is 2. The van der Waals surface area contributed by atoms with E-state index < -0.39 is 6.36 Å². The molecule has 1 rings (SSSR count). The molecule has 0 amide bonds. The molecule has 0 radical (unpaired) electrons. The fourth-order valence-corrected chi connectivity index (χ4v) is 2.25. The van der Waals surface area contributed by atoms with E-state index in [1.54, 1.807) is 29.5 Å². The number of nitrogens with zero attached hydrogens (tertiary/aromatic N) is 1. The van der Waals surface area contributed by atoms with Crippen LogP contribution in [0.15, 0.2) is 6.07 Å². The second-order valence-corrected chi connectivity index (χ2v) is 4.43. The van der Waals surface area contributed by atoms with Gasteiger partial charge in [-0.3, -0.25) is 4.98 Å². The molecule has 0 spiro atoms. The zero-order valence-corrected chi connectivity index (χ0v) is 11.3.